The van der Waals surface area contributed by atoms with E-state index in [1.165, 1.54) is 0 Å². The van der Waals surface area contributed by atoms with Crippen LogP contribution in [0, 0.1) is 20.8 Å². The van der Waals surface area contributed by atoms with Crippen molar-refractivity contribution in [2.45, 2.75) is 33.6 Å². The molecule has 2 rings (SSSR count). The molecule has 5 heteroatoms. The van der Waals surface area contributed by atoms with E-state index in [0.29, 0.717) is 17.0 Å². The van der Waals surface area contributed by atoms with Crippen molar-refractivity contribution in [3.8, 4) is 0 Å². The van der Waals surface area contributed by atoms with Gasteiger partial charge in [-0.1, -0.05) is 29.3 Å². The summed E-state index contributed by atoms with van der Waals surface area (Å²) in [7, 11) is 1.67. The third-order valence-electron chi connectivity index (χ3n) is 4.16. The van der Waals surface area contributed by atoms with Gasteiger partial charge in [-0.15, -0.1) is 0 Å². The molecule has 0 aliphatic rings. The maximum Gasteiger partial charge on any atom is 0.312 e. The molecule has 1 heterocycles. The number of rotatable bonds is 4. The quantitative estimate of drug-likeness (QED) is 0.859. The average Bonchev–Trinajstić information content (AvgIpc) is 2.71. The zero-order chi connectivity index (χ0) is 17.5. The van der Waals surface area contributed by atoms with Gasteiger partial charge >= 0.3 is 5.97 Å². The average molecular weight is 334 g/mol. The predicted molar refractivity (Wildman–Crippen MR) is 90.6 cm³/mol. The fraction of sp³-hybridized carbons (Fsp3) is 0.333. The molecule has 4 nitrogen and oxygen atoms in total. The van der Waals surface area contributed by atoms with Gasteiger partial charge in [0.2, 0.25) is 5.78 Å². The Hall–Kier alpha value is -2.07. The molecule has 0 bridgehead atoms. The van der Waals surface area contributed by atoms with Crippen LogP contribution in [-0.2, 0) is 11.8 Å². The summed E-state index contributed by atoms with van der Waals surface area (Å²) in [5, 5.41) is 9.47. The van der Waals surface area contributed by atoms with Crippen molar-refractivity contribution in [3.05, 3.63) is 56.9 Å². The molecule has 122 valence electrons. The Morgan fingerprint density at radius 1 is 1.13 bits per heavy atom. The molecule has 0 aliphatic heterocycles. The number of carbonyl (C=O) groups is 2. The van der Waals surface area contributed by atoms with Crippen LogP contribution in [0.1, 0.15) is 51.3 Å². The van der Waals surface area contributed by atoms with Crippen LogP contribution in [0.25, 0.3) is 0 Å². The summed E-state index contributed by atoms with van der Waals surface area (Å²) in [5.41, 5.74) is 4.32. The number of halogens is 1. The van der Waals surface area contributed by atoms with Crippen LogP contribution in [0.5, 0.6) is 0 Å². The summed E-state index contributed by atoms with van der Waals surface area (Å²) in [6.07, 6.45) is 0. The molecule has 0 radical (unpaired) electrons. The Balaban J connectivity index is 2.60. The number of hydrogen-bond acceptors (Lipinski definition) is 2. The molecule has 0 aliphatic carbocycles. The Bertz CT molecular complexity index is 782. The fourth-order valence-electron chi connectivity index (χ4n) is 3.04. The van der Waals surface area contributed by atoms with Gasteiger partial charge < -0.3 is 9.67 Å². The Labute approximate surface area is 140 Å². The molecule has 0 spiro atoms. The SMILES string of the molecule is Cc1cc(C)c(C(=O)c2c(Cl)cc(C(C)C(=O)O)n2C)c(C)c1. The highest BCUT2D eigenvalue weighted by molar-refractivity contribution is 6.35. The third kappa shape index (κ3) is 3.04. The number of carboxylic acid groups (broad SMARTS) is 1. The molecule has 0 saturated heterocycles. The molecule has 1 aromatic carbocycles. The Morgan fingerprint density at radius 3 is 2.13 bits per heavy atom. The topological polar surface area (TPSA) is 59.3 Å². The van der Waals surface area contributed by atoms with Gasteiger partial charge in [-0.25, -0.2) is 0 Å². The summed E-state index contributed by atoms with van der Waals surface area (Å²) in [6.45, 7) is 7.34. The van der Waals surface area contributed by atoms with Crippen LogP contribution < -0.4 is 0 Å². The summed E-state index contributed by atoms with van der Waals surface area (Å²) < 4.78 is 1.59. The van der Waals surface area contributed by atoms with Crippen molar-refractivity contribution in [2.24, 2.45) is 7.05 Å². The number of nitrogens with zero attached hydrogens (tertiary/aromatic N) is 1. The zero-order valence-corrected chi connectivity index (χ0v) is 14.7. The van der Waals surface area contributed by atoms with E-state index < -0.39 is 11.9 Å². The molecule has 1 N–H and O–H groups in total. The lowest BCUT2D eigenvalue weighted by Crippen LogP contribution is -2.16. The van der Waals surface area contributed by atoms with Crippen LogP contribution >= 0.6 is 11.6 Å². The van der Waals surface area contributed by atoms with Crippen molar-refractivity contribution < 1.29 is 14.7 Å². The minimum Gasteiger partial charge on any atom is -0.481 e. The summed E-state index contributed by atoms with van der Waals surface area (Å²) in [4.78, 5) is 24.2. The molecular weight excluding hydrogens is 314 g/mol. The van der Waals surface area contributed by atoms with Crippen molar-refractivity contribution in [1.82, 2.24) is 4.57 Å². The van der Waals surface area contributed by atoms with E-state index in [-0.39, 0.29) is 10.8 Å². The molecule has 0 saturated carbocycles. The smallest absolute Gasteiger partial charge is 0.312 e. The monoisotopic (exact) mass is 333 g/mol. The first-order valence-corrected chi connectivity index (χ1v) is 7.73. The molecule has 0 amide bonds. The fourth-order valence-corrected chi connectivity index (χ4v) is 3.37. The van der Waals surface area contributed by atoms with Gasteiger partial charge in [0.25, 0.3) is 0 Å². The van der Waals surface area contributed by atoms with E-state index >= 15 is 0 Å². The largest absolute Gasteiger partial charge is 0.481 e. The minimum atomic E-state index is -0.955. The van der Waals surface area contributed by atoms with Crippen LogP contribution in [-0.4, -0.2) is 21.4 Å². The summed E-state index contributed by atoms with van der Waals surface area (Å²) >= 11 is 6.25. The first-order valence-electron chi connectivity index (χ1n) is 7.35. The maximum atomic E-state index is 13.0. The van der Waals surface area contributed by atoms with Gasteiger partial charge in [0.15, 0.2) is 0 Å². The van der Waals surface area contributed by atoms with Gasteiger partial charge in [0.1, 0.15) is 5.69 Å². The summed E-state index contributed by atoms with van der Waals surface area (Å²) in [5.74, 6) is -1.88. The Morgan fingerprint density at radius 2 is 1.65 bits per heavy atom. The van der Waals surface area contributed by atoms with Crippen LogP contribution in [0.3, 0.4) is 0 Å². The molecule has 1 atom stereocenters. The van der Waals surface area contributed by atoms with E-state index in [1.807, 2.05) is 32.9 Å². The second-order valence-electron chi connectivity index (χ2n) is 5.99. The van der Waals surface area contributed by atoms with E-state index in [0.717, 1.165) is 16.7 Å². The normalized spacial score (nSPS) is 12.3. The van der Waals surface area contributed by atoms with Gasteiger partial charge in [-0.05, 0) is 44.9 Å². The molecule has 2 aromatic rings. The first kappa shape index (κ1) is 17.3. The molecular formula is C18H20ClNO3. The van der Waals surface area contributed by atoms with Crippen molar-refractivity contribution in [3.63, 3.8) is 0 Å². The van der Waals surface area contributed by atoms with Gasteiger partial charge in [-0.3, -0.25) is 9.59 Å². The number of aromatic nitrogens is 1. The number of benzene rings is 1. The van der Waals surface area contributed by atoms with Crippen molar-refractivity contribution in [1.29, 1.82) is 0 Å². The Kier molecular flexibility index (Phi) is 4.66. The van der Waals surface area contributed by atoms with Crippen LogP contribution in [0.4, 0.5) is 0 Å². The lowest BCUT2D eigenvalue weighted by atomic mass is 9.95. The highest BCUT2D eigenvalue weighted by Crippen LogP contribution is 2.29. The van der Waals surface area contributed by atoms with Gasteiger partial charge in [0, 0.05) is 18.3 Å². The lowest BCUT2D eigenvalue weighted by molar-refractivity contribution is -0.138. The second kappa shape index (κ2) is 6.20. The lowest BCUT2D eigenvalue weighted by Gasteiger charge is -2.13. The number of hydrogen-bond donors (Lipinski definition) is 1. The van der Waals surface area contributed by atoms with E-state index in [4.69, 9.17) is 11.6 Å². The van der Waals surface area contributed by atoms with Crippen LogP contribution in [0.2, 0.25) is 5.02 Å². The van der Waals surface area contributed by atoms with Crippen molar-refractivity contribution in [2.75, 3.05) is 0 Å². The molecule has 23 heavy (non-hydrogen) atoms. The standard InChI is InChI=1S/C18H20ClNO3/c1-9-6-10(2)15(11(3)7-9)17(21)16-13(19)8-14(20(16)5)12(4)18(22)23/h6-8,12H,1-5H3,(H,22,23). The number of aliphatic carboxylic acids is 1. The van der Waals surface area contributed by atoms with Crippen LogP contribution in [0.15, 0.2) is 18.2 Å². The molecule has 1 aromatic heterocycles. The number of carbonyl (C=O) groups excluding carboxylic acids is 1. The highest BCUT2D eigenvalue weighted by Gasteiger charge is 2.26. The van der Waals surface area contributed by atoms with E-state index in [2.05, 4.69) is 0 Å². The number of carboxylic acids is 1. The second-order valence-corrected chi connectivity index (χ2v) is 6.39. The highest BCUT2D eigenvalue weighted by atomic mass is 35.5. The van der Waals surface area contributed by atoms with Gasteiger partial charge in [-0.2, -0.15) is 0 Å². The third-order valence-corrected chi connectivity index (χ3v) is 4.44. The van der Waals surface area contributed by atoms with E-state index in [9.17, 15) is 14.7 Å². The molecule has 1 unspecified atom stereocenters. The van der Waals surface area contributed by atoms with Crippen molar-refractivity contribution >= 4 is 23.4 Å². The number of ketones is 1. The predicted octanol–water partition coefficient (Wildman–Crippen LogP) is 4.02. The number of aryl methyl sites for hydroxylation is 3. The summed E-state index contributed by atoms with van der Waals surface area (Å²) in [6, 6.07) is 5.47. The maximum absolute atomic E-state index is 13.0. The zero-order valence-electron chi connectivity index (χ0n) is 13.9. The molecule has 0 fully saturated rings. The first-order chi connectivity index (χ1) is 10.6. The van der Waals surface area contributed by atoms with E-state index in [1.54, 1.807) is 24.6 Å². The van der Waals surface area contributed by atoms with Gasteiger partial charge in [0.05, 0.1) is 10.9 Å². The minimum absolute atomic E-state index is 0.184.